The first kappa shape index (κ1) is 8.91. The topological polar surface area (TPSA) is 9.23 Å². The summed E-state index contributed by atoms with van der Waals surface area (Å²) in [6.07, 6.45) is 0. The lowest BCUT2D eigenvalue weighted by Crippen LogP contribution is -2.19. The van der Waals surface area contributed by atoms with Gasteiger partial charge in [0.1, 0.15) is 5.75 Å². The number of hydrogen-bond acceptors (Lipinski definition) is 1. The standard InChI is InChI=1S/C7H8Cl2OSi/c1-10-6-4-2-3-5-7(6)11(8)9/h2-5,11H,1H3. The normalized spacial score (nSPS) is 10.2. The van der Waals surface area contributed by atoms with Crippen LogP contribution in [0.2, 0.25) is 0 Å². The number of rotatable bonds is 2. The van der Waals surface area contributed by atoms with Crippen LogP contribution < -0.4 is 9.92 Å². The second-order valence-corrected chi connectivity index (χ2v) is 6.55. The summed E-state index contributed by atoms with van der Waals surface area (Å²) < 4.78 is 5.07. The molecule has 11 heavy (non-hydrogen) atoms. The third kappa shape index (κ3) is 2.12. The van der Waals surface area contributed by atoms with Crippen molar-refractivity contribution >= 4 is 34.8 Å². The van der Waals surface area contributed by atoms with Gasteiger partial charge in [-0.15, -0.1) is 22.2 Å². The Balaban J connectivity index is 3.02. The first-order valence-corrected chi connectivity index (χ1v) is 7.23. The second-order valence-electron chi connectivity index (χ2n) is 2.04. The molecule has 0 spiro atoms. The number of benzene rings is 1. The highest BCUT2D eigenvalue weighted by Gasteiger charge is 2.10. The molecule has 1 rings (SSSR count). The highest BCUT2D eigenvalue weighted by atomic mass is 35.7. The number of halogens is 2. The molecule has 0 atom stereocenters. The van der Waals surface area contributed by atoms with Gasteiger partial charge in [0.2, 0.25) is 0 Å². The van der Waals surface area contributed by atoms with Gasteiger partial charge in [-0.1, -0.05) is 18.2 Å². The molecule has 0 heterocycles. The summed E-state index contributed by atoms with van der Waals surface area (Å²) in [5, 5.41) is 0.943. The van der Waals surface area contributed by atoms with Crippen molar-refractivity contribution in [2.24, 2.45) is 0 Å². The molecule has 0 unspecified atom stereocenters. The number of hydrogen-bond donors (Lipinski definition) is 0. The molecule has 0 saturated heterocycles. The van der Waals surface area contributed by atoms with Gasteiger partial charge in [-0.25, -0.2) is 0 Å². The van der Waals surface area contributed by atoms with E-state index < -0.39 is 7.42 Å². The van der Waals surface area contributed by atoms with Crippen LogP contribution in [0.4, 0.5) is 0 Å². The van der Waals surface area contributed by atoms with E-state index in [1.165, 1.54) is 0 Å². The molecule has 4 heteroatoms. The maximum absolute atomic E-state index is 5.81. The minimum absolute atomic E-state index is 0.786. The van der Waals surface area contributed by atoms with Crippen molar-refractivity contribution in [2.75, 3.05) is 7.11 Å². The van der Waals surface area contributed by atoms with Crippen molar-refractivity contribution in [1.82, 2.24) is 0 Å². The zero-order valence-corrected chi connectivity index (χ0v) is 8.72. The predicted molar refractivity (Wildman–Crippen MR) is 51.5 cm³/mol. The van der Waals surface area contributed by atoms with Crippen LogP contribution in [-0.4, -0.2) is 14.5 Å². The molecular formula is C7H8Cl2OSi. The Hall–Kier alpha value is -0.183. The molecule has 0 aliphatic rings. The van der Waals surface area contributed by atoms with E-state index in [4.69, 9.17) is 26.9 Å². The Morgan fingerprint density at radius 1 is 1.27 bits per heavy atom. The molecule has 0 aliphatic heterocycles. The Kier molecular flexibility index (Phi) is 3.24. The molecule has 60 valence electrons. The summed E-state index contributed by atoms with van der Waals surface area (Å²) in [6.45, 7) is 0. The lowest BCUT2D eigenvalue weighted by atomic mass is 10.3. The molecule has 0 radical (unpaired) electrons. The fraction of sp³-hybridized carbons (Fsp3) is 0.143. The van der Waals surface area contributed by atoms with Crippen molar-refractivity contribution in [1.29, 1.82) is 0 Å². The van der Waals surface area contributed by atoms with Crippen LogP contribution in [0, 0.1) is 0 Å². The van der Waals surface area contributed by atoms with Crippen LogP contribution in [0.3, 0.4) is 0 Å². The van der Waals surface area contributed by atoms with E-state index in [1.54, 1.807) is 7.11 Å². The van der Waals surface area contributed by atoms with Gasteiger partial charge in [-0.05, 0) is 6.07 Å². The highest BCUT2D eigenvalue weighted by molar-refractivity contribution is 7.39. The largest absolute Gasteiger partial charge is 0.497 e. The van der Waals surface area contributed by atoms with Gasteiger partial charge in [0.25, 0.3) is 7.42 Å². The molecule has 1 aromatic carbocycles. The SMILES string of the molecule is COc1ccccc1[SiH](Cl)Cl. The highest BCUT2D eigenvalue weighted by Crippen LogP contribution is 2.10. The summed E-state index contributed by atoms with van der Waals surface area (Å²) in [5.74, 6) is 0.786. The average molecular weight is 207 g/mol. The first-order chi connectivity index (χ1) is 5.25. The van der Waals surface area contributed by atoms with Crippen molar-refractivity contribution < 1.29 is 4.74 Å². The smallest absolute Gasteiger partial charge is 0.270 e. The molecule has 0 fully saturated rings. The first-order valence-electron chi connectivity index (χ1n) is 3.16. The molecule has 0 bridgehead atoms. The summed E-state index contributed by atoms with van der Waals surface area (Å²) in [4.78, 5) is 0. The zero-order valence-electron chi connectivity index (χ0n) is 6.05. The molecule has 0 amide bonds. The Labute approximate surface area is 76.9 Å². The average Bonchev–Trinajstić information content (AvgIpc) is 2.04. The maximum atomic E-state index is 5.81. The molecule has 0 aromatic heterocycles. The Morgan fingerprint density at radius 2 is 1.91 bits per heavy atom. The number of methoxy groups -OCH3 is 1. The van der Waals surface area contributed by atoms with Crippen molar-refractivity contribution in [3.05, 3.63) is 24.3 Å². The van der Waals surface area contributed by atoms with E-state index in [0.29, 0.717) is 0 Å². The lowest BCUT2D eigenvalue weighted by Gasteiger charge is -2.06. The Morgan fingerprint density at radius 3 is 2.36 bits per heavy atom. The molecule has 1 nitrogen and oxygen atoms in total. The van der Waals surface area contributed by atoms with E-state index in [0.717, 1.165) is 10.9 Å². The number of ether oxygens (including phenoxy) is 1. The van der Waals surface area contributed by atoms with E-state index in [2.05, 4.69) is 0 Å². The van der Waals surface area contributed by atoms with Crippen molar-refractivity contribution in [2.45, 2.75) is 0 Å². The molecule has 0 saturated carbocycles. The van der Waals surface area contributed by atoms with E-state index in [1.807, 2.05) is 24.3 Å². The van der Waals surface area contributed by atoms with E-state index in [-0.39, 0.29) is 0 Å². The minimum Gasteiger partial charge on any atom is -0.497 e. The fourth-order valence-corrected chi connectivity index (χ4v) is 2.61. The van der Waals surface area contributed by atoms with E-state index in [9.17, 15) is 0 Å². The van der Waals surface area contributed by atoms with Gasteiger partial charge in [-0.2, -0.15) is 0 Å². The second kappa shape index (κ2) is 4.00. The molecule has 1 aromatic rings. The zero-order chi connectivity index (χ0) is 8.27. The third-order valence-corrected chi connectivity index (χ3v) is 3.73. The molecular weight excluding hydrogens is 199 g/mol. The quantitative estimate of drug-likeness (QED) is 0.528. The van der Waals surface area contributed by atoms with Crippen LogP contribution in [0.1, 0.15) is 0 Å². The van der Waals surface area contributed by atoms with Crippen LogP contribution in [0.25, 0.3) is 0 Å². The number of para-hydroxylation sites is 1. The van der Waals surface area contributed by atoms with Crippen molar-refractivity contribution in [3.63, 3.8) is 0 Å². The summed E-state index contributed by atoms with van der Waals surface area (Å²) in [7, 11) is -0.152. The predicted octanol–water partition coefficient (Wildman–Crippen LogP) is 1.60. The van der Waals surface area contributed by atoms with Crippen LogP contribution in [0.15, 0.2) is 24.3 Å². The summed E-state index contributed by atoms with van der Waals surface area (Å²) >= 11 is 11.6. The third-order valence-electron chi connectivity index (χ3n) is 1.37. The van der Waals surface area contributed by atoms with Crippen LogP contribution in [-0.2, 0) is 0 Å². The summed E-state index contributed by atoms with van der Waals surface area (Å²) in [5.41, 5.74) is 0. The minimum atomic E-state index is -1.77. The molecule has 0 N–H and O–H groups in total. The van der Waals surface area contributed by atoms with Gasteiger partial charge in [-0.3, -0.25) is 0 Å². The maximum Gasteiger partial charge on any atom is 0.270 e. The van der Waals surface area contributed by atoms with Gasteiger partial charge in [0.15, 0.2) is 0 Å². The van der Waals surface area contributed by atoms with E-state index >= 15 is 0 Å². The van der Waals surface area contributed by atoms with Crippen molar-refractivity contribution in [3.8, 4) is 5.75 Å². The van der Waals surface area contributed by atoms with Gasteiger partial charge in [0.05, 0.1) is 7.11 Å². The van der Waals surface area contributed by atoms with Crippen LogP contribution >= 0.6 is 22.2 Å². The van der Waals surface area contributed by atoms with Crippen LogP contribution in [0.5, 0.6) is 5.75 Å². The monoisotopic (exact) mass is 206 g/mol. The Bertz CT molecular complexity index is 240. The molecule has 0 aliphatic carbocycles. The van der Waals surface area contributed by atoms with Gasteiger partial charge >= 0.3 is 0 Å². The summed E-state index contributed by atoms with van der Waals surface area (Å²) in [6, 6.07) is 7.56. The fourth-order valence-electron chi connectivity index (χ4n) is 0.847. The van der Waals surface area contributed by atoms with Gasteiger partial charge in [0, 0.05) is 5.19 Å². The van der Waals surface area contributed by atoms with Gasteiger partial charge < -0.3 is 4.74 Å². The lowest BCUT2D eigenvalue weighted by molar-refractivity contribution is 0.418.